The van der Waals surface area contributed by atoms with Gasteiger partial charge in [-0.2, -0.15) is 11.8 Å². The lowest BCUT2D eigenvalue weighted by Gasteiger charge is -2.16. The largest absolute Gasteiger partial charge is 0.313 e. The van der Waals surface area contributed by atoms with Gasteiger partial charge in [-0.15, -0.1) is 0 Å². The summed E-state index contributed by atoms with van der Waals surface area (Å²) in [5.74, 6) is 2.17. The second-order valence-corrected chi connectivity index (χ2v) is 4.45. The first kappa shape index (κ1) is 9.40. The van der Waals surface area contributed by atoms with E-state index in [1.165, 1.54) is 31.6 Å². The summed E-state index contributed by atoms with van der Waals surface area (Å²) in [5.41, 5.74) is 0. The molecule has 1 nitrogen and oxygen atoms in total. The second kappa shape index (κ2) is 5.04. The Balaban J connectivity index is 2.05. The average molecular weight is 173 g/mol. The summed E-state index contributed by atoms with van der Waals surface area (Å²) in [4.78, 5) is 0. The van der Waals surface area contributed by atoms with Crippen molar-refractivity contribution in [3.63, 3.8) is 0 Å². The van der Waals surface area contributed by atoms with Crippen molar-refractivity contribution in [3.8, 4) is 0 Å². The third-order valence-electron chi connectivity index (χ3n) is 2.57. The Morgan fingerprint density at radius 1 is 1.45 bits per heavy atom. The smallest absolute Gasteiger partial charge is 0.00930 e. The molecule has 11 heavy (non-hydrogen) atoms. The molecule has 0 aromatic carbocycles. The van der Waals surface area contributed by atoms with Crippen LogP contribution in [0.2, 0.25) is 0 Å². The maximum atomic E-state index is 3.61. The van der Waals surface area contributed by atoms with Gasteiger partial charge >= 0.3 is 0 Å². The van der Waals surface area contributed by atoms with Crippen LogP contribution in [0.5, 0.6) is 0 Å². The highest BCUT2D eigenvalue weighted by molar-refractivity contribution is 7.98. The van der Waals surface area contributed by atoms with Crippen molar-refractivity contribution in [2.75, 3.05) is 18.6 Å². The van der Waals surface area contributed by atoms with Crippen LogP contribution in [-0.4, -0.2) is 24.6 Å². The SMILES string of the molecule is CSCCNC1CCCC1C. The Morgan fingerprint density at radius 3 is 2.82 bits per heavy atom. The molecule has 0 aromatic heterocycles. The van der Waals surface area contributed by atoms with Gasteiger partial charge in [-0.05, 0) is 25.0 Å². The van der Waals surface area contributed by atoms with E-state index in [4.69, 9.17) is 0 Å². The normalized spacial score (nSPS) is 31.1. The quantitative estimate of drug-likeness (QED) is 0.654. The molecule has 1 fully saturated rings. The van der Waals surface area contributed by atoms with E-state index in [1.54, 1.807) is 0 Å². The first-order valence-corrected chi connectivity index (χ1v) is 5.96. The third-order valence-corrected chi connectivity index (χ3v) is 3.19. The predicted octanol–water partition coefficient (Wildman–Crippen LogP) is 2.13. The Morgan fingerprint density at radius 2 is 2.27 bits per heavy atom. The van der Waals surface area contributed by atoms with E-state index < -0.39 is 0 Å². The Kier molecular flexibility index (Phi) is 4.31. The molecule has 0 amide bonds. The van der Waals surface area contributed by atoms with Gasteiger partial charge in [0.25, 0.3) is 0 Å². The Hall–Kier alpha value is 0.310. The second-order valence-electron chi connectivity index (χ2n) is 3.46. The Bertz CT molecular complexity index is 106. The number of hydrogen-bond donors (Lipinski definition) is 1. The van der Waals surface area contributed by atoms with Crippen molar-refractivity contribution in [2.24, 2.45) is 5.92 Å². The fourth-order valence-corrected chi connectivity index (χ4v) is 2.12. The molecular formula is C9H19NS. The number of rotatable bonds is 4. The molecule has 1 N–H and O–H groups in total. The molecule has 66 valence electrons. The van der Waals surface area contributed by atoms with E-state index in [2.05, 4.69) is 18.5 Å². The van der Waals surface area contributed by atoms with Crippen molar-refractivity contribution in [1.82, 2.24) is 5.32 Å². The number of thioether (sulfide) groups is 1. The summed E-state index contributed by atoms with van der Waals surface area (Å²) in [5, 5.41) is 3.61. The fourth-order valence-electron chi connectivity index (χ4n) is 1.80. The zero-order chi connectivity index (χ0) is 8.10. The van der Waals surface area contributed by atoms with Gasteiger partial charge in [0.2, 0.25) is 0 Å². The molecule has 0 aromatic rings. The lowest BCUT2D eigenvalue weighted by atomic mass is 10.1. The van der Waals surface area contributed by atoms with E-state index in [0.29, 0.717) is 0 Å². The van der Waals surface area contributed by atoms with Crippen LogP contribution in [0.15, 0.2) is 0 Å². The molecule has 1 saturated carbocycles. The van der Waals surface area contributed by atoms with Crippen LogP contribution in [0.1, 0.15) is 26.2 Å². The first-order valence-electron chi connectivity index (χ1n) is 4.57. The minimum Gasteiger partial charge on any atom is -0.313 e. The van der Waals surface area contributed by atoms with Crippen molar-refractivity contribution < 1.29 is 0 Å². The summed E-state index contributed by atoms with van der Waals surface area (Å²) < 4.78 is 0. The summed E-state index contributed by atoms with van der Waals surface area (Å²) in [7, 11) is 0. The van der Waals surface area contributed by atoms with E-state index in [9.17, 15) is 0 Å². The average Bonchev–Trinajstić information content (AvgIpc) is 2.37. The maximum Gasteiger partial charge on any atom is 0.00930 e. The summed E-state index contributed by atoms with van der Waals surface area (Å²) in [6.45, 7) is 3.56. The lowest BCUT2D eigenvalue weighted by molar-refractivity contribution is 0.438. The highest BCUT2D eigenvalue weighted by atomic mass is 32.2. The lowest BCUT2D eigenvalue weighted by Crippen LogP contribution is -2.32. The first-order chi connectivity index (χ1) is 5.34. The molecule has 2 unspecified atom stereocenters. The zero-order valence-electron chi connectivity index (χ0n) is 7.60. The van der Waals surface area contributed by atoms with E-state index in [-0.39, 0.29) is 0 Å². The molecule has 1 rings (SSSR count). The summed E-state index contributed by atoms with van der Waals surface area (Å²) in [6, 6.07) is 0.821. The van der Waals surface area contributed by atoms with Crippen LogP contribution in [0.4, 0.5) is 0 Å². The van der Waals surface area contributed by atoms with Gasteiger partial charge in [-0.1, -0.05) is 13.3 Å². The van der Waals surface area contributed by atoms with E-state index >= 15 is 0 Å². The molecule has 1 aliphatic carbocycles. The molecule has 0 heterocycles. The van der Waals surface area contributed by atoms with Gasteiger partial charge in [-0.25, -0.2) is 0 Å². The molecular weight excluding hydrogens is 154 g/mol. The number of hydrogen-bond acceptors (Lipinski definition) is 2. The van der Waals surface area contributed by atoms with Gasteiger partial charge in [0.1, 0.15) is 0 Å². The molecule has 0 spiro atoms. The van der Waals surface area contributed by atoms with Crippen molar-refractivity contribution in [2.45, 2.75) is 32.2 Å². The van der Waals surface area contributed by atoms with Crippen molar-refractivity contribution >= 4 is 11.8 Å². The molecule has 2 heteroatoms. The Labute approximate surface area is 74.3 Å². The van der Waals surface area contributed by atoms with Crippen LogP contribution < -0.4 is 5.32 Å². The predicted molar refractivity (Wildman–Crippen MR) is 53.2 cm³/mol. The van der Waals surface area contributed by atoms with Gasteiger partial charge in [0.15, 0.2) is 0 Å². The molecule has 1 aliphatic rings. The van der Waals surface area contributed by atoms with Gasteiger partial charge in [0, 0.05) is 18.3 Å². The summed E-state index contributed by atoms with van der Waals surface area (Å²) in [6.07, 6.45) is 6.42. The van der Waals surface area contributed by atoms with Crippen LogP contribution in [0.3, 0.4) is 0 Å². The fraction of sp³-hybridized carbons (Fsp3) is 1.00. The molecule has 2 atom stereocenters. The van der Waals surface area contributed by atoms with Crippen LogP contribution in [0.25, 0.3) is 0 Å². The van der Waals surface area contributed by atoms with Crippen LogP contribution >= 0.6 is 11.8 Å². The monoisotopic (exact) mass is 173 g/mol. The molecule has 0 bridgehead atoms. The maximum absolute atomic E-state index is 3.61. The highest BCUT2D eigenvalue weighted by Crippen LogP contribution is 2.24. The van der Waals surface area contributed by atoms with Crippen molar-refractivity contribution in [1.29, 1.82) is 0 Å². The van der Waals surface area contributed by atoms with Crippen molar-refractivity contribution in [3.05, 3.63) is 0 Å². The highest BCUT2D eigenvalue weighted by Gasteiger charge is 2.21. The molecule has 0 saturated heterocycles. The topological polar surface area (TPSA) is 12.0 Å². The standard InChI is InChI=1S/C9H19NS/c1-8-4-3-5-9(8)10-6-7-11-2/h8-10H,3-7H2,1-2H3. The van der Waals surface area contributed by atoms with Crippen LogP contribution in [-0.2, 0) is 0 Å². The van der Waals surface area contributed by atoms with Crippen LogP contribution in [0, 0.1) is 5.92 Å². The minimum atomic E-state index is 0.821. The zero-order valence-corrected chi connectivity index (χ0v) is 8.41. The van der Waals surface area contributed by atoms with E-state index in [1.807, 2.05) is 11.8 Å². The molecule has 0 aliphatic heterocycles. The van der Waals surface area contributed by atoms with E-state index in [0.717, 1.165) is 12.0 Å². The number of nitrogens with one attached hydrogen (secondary N) is 1. The van der Waals surface area contributed by atoms with Gasteiger partial charge in [-0.3, -0.25) is 0 Å². The third kappa shape index (κ3) is 3.04. The summed E-state index contributed by atoms with van der Waals surface area (Å²) >= 11 is 1.92. The van der Waals surface area contributed by atoms with Gasteiger partial charge in [0.05, 0.1) is 0 Å². The van der Waals surface area contributed by atoms with Gasteiger partial charge < -0.3 is 5.32 Å². The molecule has 0 radical (unpaired) electrons. The minimum absolute atomic E-state index is 0.821.